The van der Waals surface area contributed by atoms with Crippen LogP contribution in [0.25, 0.3) is 0 Å². The van der Waals surface area contributed by atoms with E-state index in [9.17, 15) is 9.90 Å². The van der Waals surface area contributed by atoms with Gasteiger partial charge in [-0.2, -0.15) is 0 Å². The van der Waals surface area contributed by atoms with Crippen molar-refractivity contribution in [1.82, 2.24) is 5.32 Å². The summed E-state index contributed by atoms with van der Waals surface area (Å²) in [6.07, 6.45) is 0.288. The van der Waals surface area contributed by atoms with Crippen LogP contribution in [-0.2, 0) is 17.8 Å². The summed E-state index contributed by atoms with van der Waals surface area (Å²) in [5, 5.41) is 15.4. The molecule has 0 atom stereocenters. The van der Waals surface area contributed by atoms with E-state index in [-0.39, 0.29) is 18.1 Å². The molecule has 0 fully saturated rings. The number of hydrogen-bond acceptors (Lipinski definition) is 3. The summed E-state index contributed by atoms with van der Waals surface area (Å²) < 4.78 is 0. The van der Waals surface area contributed by atoms with Crippen molar-refractivity contribution in [2.75, 3.05) is 11.9 Å². The summed E-state index contributed by atoms with van der Waals surface area (Å²) in [5.74, 6) is 0.139. The van der Waals surface area contributed by atoms with Gasteiger partial charge in [-0.05, 0) is 35.9 Å². The molecule has 0 unspecified atom stereocenters. The first-order valence-electron chi connectivity index (χ1n) is 7.05. The van der Waals surface area contributed by atoms with E-state index in [0.717, 1.165) is 29.9 Å². The van der Waals surface area contributed by atoms with Crippen molar-refractivity contribution in [1.29, 1.82) is 0 Å². The Morgan fingerprint density at radius 3 is 2.52 bits per heavy atom. The van der Waals surface area contributed by atoms with Crippen molar-refractivity contribution in [3.8, 4) is 5.75 Å². The third kappa shape index (κ3) is 4.61. The maximum Gasteiger partial charge on any atom is 0.228 e. The molecule has 1 amide bonds. The maximum absolute atomic E-state index is 12.1. The molecular weight excluding hydrogens is 264 g/mol. The number of para-hydroxylation sites is 1. The Morgan fingerprint density at radius 2 is 1.81 bits per heavy atom. The largest absolute Gasteiger partial charge is 0.508 e. The number of amides is 1. The Bertz CT molecular complexity index is 594. The maximum atomic E-state index is 12.1. The molecule has 110 valence electrons. The number of hydrogen-bond donors (Lipinski definition) is 3. The van der Waals surface area contributed by atoms with Crippen LogP contribution >= 0.6 is 0 Å². The van der Waals surface area contributed by atoms with E-state index in [1.807, 2.05) is 31.2 Å². The van der Waals surface area contributed by atoms with E-state index in [1.54, 1.807) is 24.3 Å². The standard InChI is InChI=1S/C17H20N2O2/c1-2-18-12-14-5-3-4-6-16(14)19-17(21)11-13-7-9-15(20)10-8-13/h3-10,18,20H,2,11-12H2,1H3,(H,19,21). The van der Waals surface area contributed by atoms with Crippen LogP contribution in [0.5, 0.6) is 5.75 Å². The molecule has 0 saturated carbocycles. The zero-order valence-electron chi connectivity index (χ0n) is 12.1. The van der Waals surface area contributed by atoms with Crippen LogP contribution in [0.3, 0.4) is 0 Å². The monoisotopic (exact) mass is 284 g/mol. The van der Waals surface area contributed by atoms with Gasteiger partial charge in [0.15, 0.2) is 0 Å². The van der Waals surface area contributed by atoms with Crippen molar-refractivity contribution in [2.24, 2.45) is 0 Å². The minimum absolute atomic E-state index is 0.0651. The summed E-state index contributed by atoms with van der Waals surface area (Å²) in [6, 6.07) is 14.4. The molecule has 0 aromatic heterocycles. The van der Waals surface area contributed by atoms with E-state index in [0.29, 0.717) is 0 Å². The molecule has 2 aromatic rings. The number of phenolic OH excluding ortho intramolecular Hbond substituents is 1. The zero-order valence-corrected chi connectivity index (χ0v) is 12.1. The van der Waals surface area contributed by atoms with Gasteiger partial charge in [-0.1, -0.05) is 37.3 Å². The number of carbonyl (C=O) groups is 1. The van der Waals surface area contributed by atoms with Gasteiger partial charge in [0.2, 0.25) is 5.91 Å². The molecule has 0 aliphatic rings. The Labute approximate surface area is 124 Å². The highest BCUT2D eigenvalue weighted by molar-refractivity contribution is 5.93. The quantitative estimate of drug-likeness (QED) is 0.764. The number of phenols is 1. The number of nitrogens with one attached hydrogen (secondary N) is 2. The first-order chi connectivity index (χ1) is 10.2. The van der Waals surface area contributed by atoms with Crippen molar-refractivity contribution in [3.05, 3.63) is 59.7 Å². The van der Waals surface area contributed by atoms with Gasteiger partial charge in [-0.15, -0.1) is 0 Å². The van der Waals surface area contributed by atoms with Gasteiger partial charge in [0.05, 0.1) is 6.42 Å². The Kier molecular flexibility index (Phi) is 5.35. The lowest BCUT2D eigenvalue weighted by Gasteiger charge is -2.11. The van der Waals surface area contributed by atoms with Crippen LogP contribution in [-0.4, -0.2) is 17.6 Å². The molecule has 0 aliphatic heterocycles. The lowest BCUT2D eigenvalue weighted by Crippen LogP contribution is -2.18. The average molecular weight is 284 g/mol. The summed E-state index contributed by atoms with van der Waals surface area (Å²) in [5.41, 5.74) is 2.77. The molecule has 3 N–H and O–H groups in total. The van der Waals surface area contributed by atoms with E-state index < -0.39 is 0 Å². The second-order valence-electron chi connectivity index (χ2n) is 4.83. The smallest absolute Gasteiger partial charge is 0.228 e. The lowest BCUT2D eigenvalue weighted by atomic mass is 10.1. The van der Waals surface area contributed by atoms with Crippen molar-refractivity contribution < 1.29 is 9.90 Å². The normalized spacial score (nSPS) is 10.3. The van der Waals surface area contributed by atoms with Crippen LogP contribution in [0.2, 0.25) is 0 Å². The molecule has 0 bridgehead atoms. The predicted molar refractivity (Wildman–Crippen MR) is 84.3 cm³/mol. The van der Waals surface area contributed by atoms with Gasteiger partial charge in [0.1, 0.15) is 5.75 Å². The fraction of sp³-hybridized carbons (Fsp3) is 0.235. The Balaban J connectivity index is 2.00. The van der Waals surface area contributed by atoms with E-state index in [4.69, 9.17) is 0 Å². The van der Waals surface area contributed by atoms with Gasteiger partial charge in [-0.3, -0.25) is 4.79 Å². The third-order valence-electron chi connectivity index (χ3n) is 3.16. The van der Waals surface area contributed by atoms with Crippen molar-refractivity contribution in [3.63, 3.8) is 0 Å². The number of benzene rings is 2. The van der Waals surface area contributed by atoms with Gasteiger partial charge in [0, 0.05) is 12.2 Å². The Morgan fingerprint density at radius 1 is 1.10 bits per heavy atom. The third-order valence-corrected chi connectivity index (χ3v) is 3.16. The second kappa shape index (κ2) is 7.45. The highest BCUT2D eigenvalue weighted by Crippen LogP contribution is 2.16. The van der Waals surface area contributed by atoms with E-state index >= 15 is 0 Å². The zero-order chi connectivity index (χ0) is 15.1. The predicted octanol–water partition coefficient (Wildman–Crippen LogP) is 2.68. The van der Waals surface area contributed by atoms with E-state index in [2.05, 4.69) is 10.6 Å². The minimum atomic E-state index is -0.0651. The molecule has 2 rings (SSSR count). The topological polar surface area (TPSA) is 61.4 Å². The summed E-state index contributed by atoms with van der Waals surface area (Å²) >= 11 is 0. The minimum Gasteiger partial charge on any atom is -0.508 e. The highest BCUT2D eigenvalue weighted by atomic mass is 16.3. The van der Waals surface area contributed by atoms with Crippen molar-refractivity contribution in [2.45, 2.75) is 19.9 Å². The summed E-state index contributed by atoms with van der Waals surface area (Å²) in [4.78, 5) is 12.1. The fourth-order valence-electron chi connectivity index (χ4n) is 2.05. The molecule has 21 heavy (non-hydrogen) atoms. The van der Waals surface area contributed by atoms with Gasteiger partial charge in [-0.25, -0.2) is 0 Å². The first-order valence-corrected chi connectivity index (χ1v) is 7.05. The highest BCUT2D eigenvalue weighted by Gasteiger charge is 2.07. The van der Waals surface area contributed by atoms with Gasteiger partial charge < -0.3 is 15.7 Å². The molecule has 0 radical (unpaired) electrons. The van der Waals surface area contributed by atoms with E-state index in [1.165, 1.54) is 0 Å². The van der Waals surface area contributed by atoms with Crippen molar-refractivity contribution >= 4 is 11.6 Å². The SMILES string of the molecule is CCNCc1ccccc1NC(=O)Cc1ccc(O)cc1. The molecule has 4 nitrogen and oxygen atoms in total. The molecule has 4 heteroatoms. The number of aromatic hydroxyl groups is 1. The number of anilines is 1. The molecular formula is C17H20N2O2. The first kappa shape index (κ1) is 15.1. The van der Waals surface area contributed by atoms with Crippen LogP contribution in [0.15, 0.2) is 48.5 Å². The number of rotatable bonds is 6. The van der Waals surface area contributed by atoms with Crippen LogP contribution < -0.4 is 10.6 Å². The summed E-state index contributed by atoms with van der Waals surface area (Å²) in [6.45, 7) is 3.66. The van der Waals surface area contributed by atoms with Gasteiger partial charge in [0.25, 0.3) is 0 Å². The average Bonchev–Trinajstić information content (AvgIpc) is 2.49. The number of carbonyl (C=O) groups excluding carboxylic acids is 1. The molecule has 0 aliphatic carbocycles. The summed E-state index contributed by atoms with van der Waals surface area (Å²) in [7, 11) is 0. The Hall–Kier alpha value is -2.33. The van der Waals surface area contributed by atoms with Crippen LogP contribution in [0.1, 0.15) is 18.1 Å². The van der Waals surface area contributed by atoms with Crippen LogP contribution in [0.4, 0.5) is 5.69 Å². The molecule has 2 aromatic carbocycles. The lowest BCUT2D eigenvalue weighted by molar-refractivity contribution is -0.115. The molecule has 0 heterocycles. The fourth-order valence-corrected chi connectivity index (χ4v) is 2.05. The molecule has 0 saturated heterocycles. The van der Waals surface area contributed by atoms with Crippen LogP contribution in [0, 0.1) is 0 Å². The molecule has 0 spiro atoms. The van der Waals surface area contributed by atoms with Gasteiger partial charge >= 0.3 is 0 Å². The second-order valence-corrected chi connectivity index (χ2v) is 4.83.